The molecule has 0 saturated carbocycles. The number of nitrogens with one attached hydrogen (secondary N) is 2. The van der Waals surface area contributed by atoms with Crippen molar-refractivity contribution in [2.24, 2.45) is 4.99 Å². The number of carbonyl (C=O) groups is 3. The molecule has 0 aromatic heterocycles. The topological polar surface area (TPSA) is 133 Å². The van der Waals surface area contributed by atoms with Gasteiger partial charge >= 0.3 is 5.91 Å². The molecule has 4 aliphatic rings. The number of hydrogen-bond donors (Lipinski definition) is 3. The van der Waals surface area contributed by atoms with Crippen LogP contribution in [0.1, 0.15) is 19.4 Å². The number of benzene rings is 1. The Morgan fingerprint density at radius 3 is 2.58 bits per heavy atom. The van der Waals surface area contributed by atoms with Gasteiger partial charge in [-0.15, -0.1) is 4.58 Å². The normalized spacial score (nSPS) is 21.1. The number of morpholine rings is 1. The van der Waals surface area contributed by atoms with Crippen molar-refractivity contribution < 1.29 is 37.9 Å². The number of aliphatic hydroxyl groups is 1. The van der Waals surface area contributed by atoms with E-state index in [2.05, 4.69) is 20.5 Å². The Balaban J connectivity index is 1.48. The standard InChI is InChI=1S/C28H30FN5O6/c1-28(2,33-8-10-39-11-9-33)15-32-25(36)19-14-34-22-21(23(35)20(27(34)38)26(37)30-3)31-13-17(24(22)40-19)12-16-4-6-18(29)7-5-16/h4-7,13-14,24H,8-12,15H2,1-3H3,(H2-,30,32,35,36,37,38)/p+1. The SMILES string of the molecule is CNC(=O)C1=C(O)C2=NC=C(Cc3ccc(F)cc3)C3OC(C(=O)NCC(C)(C)N4CCOCC4)=C[N+](=C23)C1=O. The van der Waals surface area contributed by atoms with E-state index in [0.29, 0.717) is 25.3 Å². The van der Waals surface area contributed by atoms with E-state index in [1.165, 1.54) is 31.6 Å². The molecule has 1 fully saturated rings. The predicted molar refractivity (Wildman–Crippen MR) is 142 cm³/mol. The molecule has 1 saturated heterocycles. The highest BCUT2D eigenvalue weighted by atomic mass is 19.1. The molecule has 40 heavy (non-hydrogen) atoms. The van der Waals surface area contributed by atoms with Gasteiger partial charge in [0.05, 0.1) is 13.2 Å². The van der Waals surface area contributed by atoms with Crippen molar-refractivity contribution >= 4 is 29.1 Å². The molecule has 0 spiro atoms. The molecule has 12 heteroatoms. The summed E-state index contributed by atoms with van der Waals surface area (Å²) in [5.41, 5.74) is 0.654. The Kier molecular flexibility index (Phi) is 7.39. The maximum absolute atomic E-state index is 13.5. The fourth-order valence-corrected chi connectivity index (χ4v) is 5.07. The Bertz CT molecular complexity index is 1420. The van der Waals surface area contributed by atoms with Gasteiger partial charge in [0.1, 0.15) is 5.82 Å². The third-order valence-corrected chi connectivity index (χ3v) is 7.38. The van der Waals surface area contributed by atoms with Gasteiger partial charge in [-0.2, -0.15) is 0 Å². The van der Waals surface area contributed by atoms with Gasteiger partial charge < -0.3 is 25.2 Å². The van der Waals surface area contributed by atoms with E-state index in [4.69, 9.17) is 9.47 Å². The minimum absolute atomic E-state index is 0.00443. The third-order valence-electron chi connectivity index (χ3n) is 7.38. The summed E-state index contributed by atoms with van der Waals surface area (Å²) in [5.74, 6) is -3.24. The van der Waals surface area contributed by atoms with E-state index in [-0.39, 0.29) is 35.0 Å². The average Bonchev–Trinajstić information content (AvgIpc) is 2.96. The van der Waals surface area contributed by atoms with E-state index < -0.39 is 35.2 Å². The van der Waals surface area contributed by atoms with Crippen LogP contribution >= 0.6 is 0 Å². The zero-order chi connectivity index (χ0) is 28.6. The summed E-state index contributed by atoms with van der Waals surface area (Å²) in [7, 11) is 1.34. The maximum atomic E-state index is 13.5. The first-order valence-corrected chi connectivity index (χ1v) is 13.0. The van der Waals surface area contributed by atoms with Crippen molar-refractivity contribution in [2.75, 3.05) is 39.9 Å². The van der Waals surface area contributed by atoms with E-state index >= 15 is 0 Å². The zero-order valence-electron chi connectivity index (χ0n) is 22.5. The Morgan fingerprint density at radius 2 is 1.90 bits per heavy atom. The first-order chi connectivity index (χ1) is 19.1. The van der Waals surface area contributed by atoms with Crippen LogP contribution in [0.25, 0.3) is 0 Å². The number of rotatable bonds is 7. The Morgan fingerprint density at radius 1 is 1.20 bits per heavy atom. The summed E-state index contributed by atoms with van der Waals surface area (Å²) in [6, 6.07) is 5.89. The number of likely N-dealkylation sites (N-methyl/N-ethyl adjacent to an activating group) is 1. The van der Waals surface area contributed by atoms with Crippen molar-refractivity contribution in [3.63, 3.8) is 0 Å². The molecule has 0 bridgehead atoms. The monoisotopic (exact) mass is 552 g/mol. The van der Waals surface area contributed by atoms with Crippen molar-refractivity contribution in [3.8, 4) is 0 Å². The van der Waals surface area contributed by atoms with Crippen molar-refractivity contribution in [1.82, 2.24) is 15.5 Å². The molecule has 5 rings (SSSR count). The summed E-state index contributed by atoms with van der Waals surface area (Å²) in [4.78, 5) is 45.9. The number of allylic oxidation sites excluding steroid dienone is 1. The quantitative estimate of drug-likeness (QED) is 0.336. The van der Waals surface area contributed by atoms with Crippen LogP contribution in [0.4, 0.5) is 4.39 Å². The maximum Gasteiger partial charge on any atom is 0.434 e. The lowest BCUT2D eigenvalue weighted by Gasteiger charge is -2.40. The zero-order valence-corrected chi connectivity index (χ0v) is 22.5. The van der Waals surface area contributed by atoms with Crippen LogP contribution in [-0.4, -0.2) is 95.3 Å². The summed E-state index contributed by atoms with van der Waals surface area (Å²) in [6.45, 7) is 7.05. The van der Waals surface area contributed by atoms with Gasteiger partial charge in [-0.05, 0) is 38.0 Å². The number of ether oxygens (including phenoxy) is 2. The molecule has 11 nitrogen and oxygen atoms in total. The smallest absolute Gasteiger partial charge is 0.434 e. The molecule has 1 unspecified atom stereocenters. The molecule has 3 N–H and O–H groups in total. The van der Waals surface area contributed by atoms with Gasteiger partial charge in [0.2, 0.25) is 12.3 Å². The van der Waals surface area contributed by atoms with E-state index in [1.807, 2.05) is 13.8 Å². The molecule has 1 aromatic carbocycles. The number of nitrogens with zero attached hydrogens (tertiary/aromatic N) is 3. The van der Waals surface area contributed by atoms with Crippen molar-refractivity contribution in [2.45, 2.75) is 31.9 Å². The van der Waals surface area contributed by atoms with Crippen molar-refractivity contribution in [1.29, 1.82) is 0 Å². The van der Waals surface area contributed by atoms with Gasteiger partial charge in [0, 0.05) is 44.0 Å². The summed E-state index contributed by atoms with van der Waals surface area (Å²) < 4.78 is 26.2. The van der Waals surface area contributed by atoms with Crippen LogP contribution in [0.5, 0.6) is 0 Å². The van der Waals surface area contributed by atoms with Gasteiger partial charge in [-0.25, -0.2) is 14.2 Å². The second kappa shape index (κ2) is 10.8. The average molecular weight is 553 g/mol. The fourth-order valence-electron chi connectivity index (χ4n) is 5.07. The summed E-state index contributed by atoms with van der Waals surface area (Å²) in [6.07, 6.45) is 2.00. The van der Waals surface area contributed by atoms with E-state index in [0.717, 1.165) is 23.2 Å². The van der Waals surface area contributed by atoms with E-state index in [1.54, 1.807) is 12.1 Å². The van der Waals surface area contributed by atoms with Crippen LogP contribution in [0, 0.1) is 5.82 Å². The molecular formula is C28H31FN5O6+. The van der Waals surface area contributed by atoms with Crippen LogP contribution < -0.4 is 10.6 Å². The minimum atomic E-state index is -0.965. The fraction of sp³-hybridized carbons (Fsp3) is 0.393. The predicted octanol–water partition coefficient (Wildman–Crippen LogP) is 0.726. The largest absolute Gasteiger partial charge is 0.504 e. The first kappa shape index (κ1) is 27.4. The molecule has 3 amide bonds. The minimum Gasteiger partial charge on any atom is -0.504 e. The van der Waals surface area contributed by atoms with Crippen molar-refractivity contribution in [3.05, 3.63) is 70.7 Å². The number of aliphatic imine (C=N–C) groups is 1. The molecule has 4 aliphatic heterocycles. The molecule has 1 aromatic rings. The van der Waals surface area contributed by atoms with Crippen LogP contribution in [0.15, 0.2) is 64.3 Å². The number of aliphatic hydroxyl groups excluding tert-OH is 1. The summed E-state index contributed by atoms with van der Waals surface area (Å²) >= 11 is 0. The summed E-state index contributed by atoms with van der Waals surface area (Å²) in [5, 5.41) is 16.1. The van der Waals surface area contributed by atoms with Gasteiger partial charge in [0.15, 0.2) is 17.0 Å². The number of hydrogen-bond acceptors (Lipinski definition) is 8. The molecule has 210 valence electrons. The lowest BCUT2D eigenvalue weighted by atomic mass is 9.89. The highest BCUT2D eigenvalue weighted by Crippen LogP contribution is 2.30. The Hall–Kier alpha value is -4.16. The molecule has 0 radical (unpaired) electrons. The number of carbonyl (C=O) groups excluding carboxylic acids is 3. The van der Waals surface area contributed by atoms with Crippen LogP contribution in [0.3, 0.4) is 0 Å². The van der Waals surface area contributed by atoms with Gasteiger partial charge in [-0.1, -0.05) is 12.1 Å². The lowest BCUT2D eigenvalue weighted by molar-refractivity contribution is -0.385. The van der Waals surface area contributed by atoms with Crippen LogP contribution in [0.2, 0.25) is 0 Å². The second-order valence-corrected chi connectivity index (χ2v) is 10.4. The number of amides is 3. The lowest BCUT2D eigenvalue weighted by Crippen LogP contribution is -2.56. The number of halogens is 1. The van der Waals surface area contributed by atoms with Crippen LogP contribution in [-0.2, 0) is 30.3 Å². The van der Waals surface area contributed by atoms with E-state index in [9.17, 15) is 23.9 Å². The highest BCUT2D eigenvalue weighted by molar-refractivity contribution is 6.52. The Labute approximate surface area is 230 Å². The van der Waals surface area contributed by atoms with Gasteiger partial charge in [0.25, 0.3) is 23.3 Å². The molecule has 0 aliphatic carbocycles. The van der Waals surface area contributed by atoms with Gasteiger partial charge in [-0.3, -0.25) is 14.5 Å². The molecule has 4 heterocycles. The third kappa shape index (κ3) is 5.07. The second-order valence-electron chi connectivity index (χ2n) is 10.4. The highest BCUT2D eigenvalue weighted by Gasteiger charge is 2.52. The molecular weight excluding hydrogens is 521 g/mol. The first-order valence-electron chi connectivity index (χ1n) is 13.0. The molecule has 1 atom stereocenters.